The van der Waals surface area contributed by atoms with Crippen LogP contribution in [0.3, 0.4) is 0 Å². The van der Waals surface area contributed by atoms with Crippen molar-refractivity contribution in [3.63, 3.8) is 0 Å². The molecule has 74 valence electrons. The van der Waals surface area contributed by atoms with Crippen LogP contribution in [0.1, 0.15) is 13.8 Å². The van der Waals surface area contributed by atoms with Gasteiger partial charge in [0.25, 0.3) is 0 Å². The summed E-state index contributed by atoms with van der Waals surface area (Å²) in [5.41, 5.74) is 0.500. The van der Waals surface area contributed by atoms with Crippen molar-refractivity contribution >= 4 is 12.6 Å². The number of rotatable bonds is 1. The molecule has 1 aliphatic rings. The van der Waals surface area contributed by atoms with Gasteiger partial charge in [-0.2, -0.15) is 5.10 Å². The van der Waals surface area contributed by atoms with E-state index in [-0.39, 0.29) is 7.12 Å². The molecule has 5 heteroatoms. The first-order valence-corrected chi connectivity index (χ1v) is 4.51. The molecular weight excluding hydrogens is 179 g/mol. The third-order valence-electron chi connectivity index (χ3n) is 2.32. The van der Waals surface area contributed by atoms with E-state index in [0.717, 1.165) is 5.46 Å². The van der Waals surface area contributed by atoms with Gasteiger partial charge in [-0.3, -0.25) is 4.68 Å². The third-order valence-corrected chi connectivity index (χ3v) is 2.32. The Morgan fingerprint density at radius 3 is 2.71 bits per heavy atom. The minimum absolute atomic E-state index is 0.369. The Morgan fingerprint density at radius 2 is 2.29 bits per heavy atom. The molecule has 0 amide bonds. The zero-order chi connectivity index (χ0) is 10.3. The average Bonchev–Trinajstić information content (AvgIpc) is 2.58. The molecule has 0 bridgehead atoms. The summed E-state index contributed by atoms with van der Waals surface area (Å²) in [6.07, 6.45) is 3.61. The van der Waals surface area contributed by atoms with Gasteiger partial charge < -0.3 is 9.31 Å². The Morgan fingerprint density at radius 1 is 1.57 bits per heavy atom. The van der Waals surface area contributed by atoms with Crippen LogP contribution in [-0.4, -0.2) is 22.5 Å². The number of aromatic nitrogens is 2. The van der Waals surface area contributed by atoms with Crippen LogP contribution in [0.4, 0.5) is 0 Å². The number of aryl methyl sites for hydroxylation is 1. The van der Waals surface area contributed by atoms with Crippen molar-refractivity contribution in [1.82, 2.24) is 9.78 Å². The Kier molecular flexibility index (Phi) is 1.92. The van der Waals surface area contributed by atoms with Crippen molar-refractivity contribution in [3.05, 3.63) is 24.7 Å². The highest BCUT2D eigenvalue weighted by Crippen LogP contribution is 2.28. The standard InChI is InChI=1S/C9H13BN2O2/c1-7-9(2,3)14-10(13-7)8-5-11-12(4)6-8/h5-6H,1H2,2-4H3. The van der Waals surface area contributed by atoms with Gasteiger partial charge in [-0.05, 0) is 13.8 Å². The maximum absolute atomic E-state index is 5.69. The lowest BCUT2D eigenvalue weighted by Gasteiger charge is -2.15. The summed E-state index contributed by atoms with van der Waals surface area (Å²) in [7, 11) is 1.49. The van der Waals surface area contributed by atoms with Gasteiger partial charge in [-0.15, -0.1) is 0 Å². The minimum Gasteiger partial charge on any atom is -0.534 e. The molecule has 1 aromatic rings. The topological polar surface area (TPSA) is 36.3 Å². The average molecular weight is 192 g/mol. The van der Waals surface area contributed by atoms with Crippen molar-refractivity contribution in [1.29, 1.82) is 0 Å². The van der Waals surface area contributed by atoms with E-state index < -0.39 is 5.60 Å². The quantitative estimate of drug-likeness (QED) is 0.606. The molecule has 2 heterocycles. The van der Waals surface area contributed by atoms with E-state index in [2.05, 4.69) is 11.7 Å². The highest BCUT2D eigenvalue weighted by atomic mass is 16.7. The van der Waals surface area contributed by atoms with Crippen LogP contribution in [0.25, 0.3) is 0 Å². The molecule has 0 N–H and O–H groups in total. The first-order valence-electron chi connectivity index (χ1n) is 4.51. The van der Waals surface area contributed by atoms with Gasteiger partial charge in [0.2, 0.25) is 0 Å². The number of hydrogen-bond donors (Lipinski definition) is 0. The molecule has 1 fully saturated rings. The molecule has 0 radical (unpaired) electrons. The van der Waals surface area contributed by atoms with Gasteiger partial charge in [0, 0.05) is 18.7 Å². The molecule has 0 aliphatic carbocycles. The third kappa shape index (κ3) is 1.44. The Hall–Kier alpha value is -1.23. The van der Waals surface area contributed by atoms with Crippen LogP contribution in [0.5, 0.6) is 0 Å². The van der Waals surface area contributed by atoms with Crippen LogP contribution in [0.2, 0.25) is 0 Å². The summed E-state index contributed by atoms with van der Waals surface area (Å²) >= 11 is 0. The Labute approximate surface area is 83.7 Å². The monoisotopic (exact) mass is 192 g/mol. The van der Waals surface area contributed by atoms with Crippen LogP contribution < -0.4 is 5.46 Å². The maximum Gasteiger partial charge on any atom is 0.566 e. The SMILES string of the molecule is C=C1OB(c2cnn(C)c2)OC1(C)C. The van der Waals surface area contributed by atoms with Crippen molar-refractivity contribution in [2.24, 2.45) is 7.05 Å². The molecule has 1 aromatic heterocycles. The second kappa shape index (κ2) is 2.88. The van der Waals surface area contributed by atoms with E-state index in [1.807, 2.05) is 27.1 Å². The lowest BCUT2D eigenvalue weighted by atomic mass is 9.82. The predicted octanol–water partition coefficient (Wildman–Crippen LogP) is 0.454. The molecular formula is C9H13BN2O2. The van der Waals surface area contributed by atoms with Crippen LogP contribution in [-0.2, 0) is 16.4 Å². The van der Waals surface area contributed by atoms with Crippen LogP contribution in [0.15, 0.2) is 24.7 Å². The molecule has 0 saturated carbocycles. The highest BCUT2D eigenvalue weighted by Gasteiger charge is 2.43. The lowest BCUT2D eigenvalue weighted by Crippen LogP contribution is -2.33. The van der Waals surface area contributed by atoms with Gasteiger partial charge in [0.05, 0.1) is 12.0 Å². The van der Waals surface area contributed by atoms with Crippen molar-refractivity contribution in [3.8, 4) is 0 Å². The summed E-state index contributed by atoms with van der Waals surface area (Å²) in [4.78, 5) is 0. The molecule has 4 nitrogen and oxygen atoms in total. The molecule has 0 aromatic carbocycles. The second-order valence-electron chi connectivity index (χ2n) is 3.95. The molecule has 0 atom stereocenters. The van der Waals surface area contributed by atoms with Gasteiger partial charge >= 0.3 is 7.12 Å². The van der Waals surface area contributed by atoms with Crippen molar-refractivity contribution in [2.75, 3.05) is 0 Å². The maximum atomic E-state index is 5.69. The lowest BCUT2D eigenvalue weighted by molar-refractivity contribution is 0.173. The van der Waals surface area contributed by atoms with E-state index in [1.54, 1.807) is 10.9 Å². The van der Waals surface area contributed by atoms with E-state index in [1.165, 1.54) is 0 Å². The molecule has 0 unspecified atom stereocenters. The van der Waals surface area contributed by atoms with E-state index in [9.17, 15) is 0 Å². The van der Waals surface area contributed by atoms with Crippen molar-refractivity contribution < 1.29 is 9.31 Å². The zero-order valence-corrected chi connectivity index (χ0v) is 8.65. The predicted molar refractivity (Wildman–Crippen MR) is 54.0 cm³/mol. The highest BCUT2D eigenvalue weighted by molar-refractivity contribution is 6.62. The molecule has 1 saturated heterocycles. The fraction of sp³-hybridized carbons (Fsp3) is 0.444. The smallest absolute Gasteiger partial charge is 0.534 e. The number of nitrogens with zero attached hydrogens (tertiary/aromatic N) is 2. The summed E-state index contributed by atoms with van der Waals surface area (Å²) in [6, 6.07) is 0. The second-order valence-corrected chi connectivity index (χ2v) is 3.95. The summed E-state index contributed by atoms with van der Waals surface area (Å²) in [5.74, 6) is 0.659. The van der Waals surface area contributed by atoms with E-state index in [4.69, 9.17) is 9.31 Å². The van der Waals surface area contributed by atoms with E-state index >= 15 is 0 Å². The molecule has 1 aliphatic heterocycles. The molecule has 0 spiro atoms. The van der Waals surface area contributed by atoms with Gasteiger partial charge in [0.15, 0.2) is 0 Å². The fourth-order valence-electron chi connectivity index (χ4n) is 1.33. The largest absolute Gasteiger partial charge is 0.566 e. The van der Waals surface area contributed by atoms with Gasteiger partial charge in [0.1, 0.15) is 5.60 Å². The Bertz CT molecular complexity index is 373. The van der Waals surface area contributed by atoms with Crippen LogP contribution >= 0.6 is 0 Å². The van der Waals surface area contributed by atoms with E-state index in [0.29, 0.717) is 5.76 Å². The summed E-state index contributed by atoms with van der Waals surface area (Å²) in [5, 5.41) is 4.06. The van der Waals surface area contributed by atoms with Crippen LogP contribution in [0, 0.1) is 0 Å². The first kappa shape index (κ1) is 9.33. The summed E-state index contributed by atoms with van der Waals surface area (Å²) < 4.78 is 12.9. The molecule has 2 rings (SSSR count). The normalized spacial score (nSPS) is 19.9. The van der Waals surface area contributed by atoms with Crippen molar-refractivity contribution in [2.45, 2.75) is 19.4 Å². The van der Waals surface area contributed by atoms with Gasteiger partial charge in [-0.1, -0.05) is 6.58 Å². The molecule has 14 heavy (non-hydrogen) atoms. The first-order chi connectivity index (χ1) is 6.49. The Balaban J connectivity index is 2.20. The zero-order valence-electron chi connectivity index (χ0n) is 8.65. The fourth-order valence-corrected chi connectivity index (χ4v) is 1.33. The summed E-state index contributed by atoms with van der Waals surface area (Å²) in [6.45, 7) is 7.69. The number of hydrogen-bond acceptors (Lipinski definition) is 3. The van der Waals surface area contributed by atoms with Gasteiger partial charge in [-0.25, -0.2) is 0 Å². The minimum atomic E-state index is -0.416.